The van der Waals surface area contributed by atoms with Crippen molar-refractivity contribution in [3.05, 3.63) is 0 Å². The predicted molar refractivity (Wildman–Crippen MR) is 214 cm³/mol. The van der Waals surface area contributed by atoms with E-state index in [4.69, 9.17) is 14.7 Å². The van der Waals surface area contributed by atoms with E-state index in [1.807, 2.05) is 20.8 Å². The monoisotopic (exact) mass is 786 g/mol. The van der Waals surface area contributed by atoms with Crippen LogP contribution in [0.5, 0.6) is 0 Å². The first kappa shape index (κ1) is 34.0. The highest BCUT2D eigenvalue weighted by Crippen LogP contribution is 2.66. The molecule has 8 saturated carbocycles. The average molecular weight is 787 g/mol. The van der Waals surface area contributed by atoms with Crippen molar-refractivity contribution >= 4 is 27.5 Å². The van der Waals surface area contributed by atoms with Crippen molar-refractivity contribution in [2.75, 3.05) is 12.4 Å². The summed E-state index contributed by atoms with van der Waals surface area (Å²) in [5.41, 5.74) is -1.95. The zero-order valence-electron chi connectivity index (χ0n) is 38.0. The van der Waals surface area contributed by atoms with Gasteiger partial charge in [-0.25, -0.2) is 0 Å². The molecular formula is C45H79BrO5. The maximum absolute atomic E-state index is 12.9. The van der Waals surface area contributed by atoms with Crippen LogP contribution in [0.3, 0.4) is 0 Å². The number of aliphatic hydroxyl groups excluding tert-OH is 1. The number of rotatable bonds is 3. The molecule has 0 aromatic carbocycles. The Morgan fingerprint density at radius 2 is 1.04 bits per heavy atom. The summed E-state index contributed by atoms with van der Waals surface area (Å²) in [6.45, 7) is 5.41. The smallest absolute Gasteiger partial charge is 0.147 e. The highest BCUT2D eigenvalue weighted by Gasteiger charge is 2.60. The Kier molecular flexibility index (Phi) is 11.0. The van der Waals surface area contributed by atoms with Crippen molar-refractivity contribution in [3.63, 3.8) is 0 Å². The van der Waals surface area contributed by atoms with Crippen LogP contribution in [0.2, 0.25) is 0 Å². The second kappa shape index (κ2) is 16.4. The first-order chi connectivity index (χ1) is 25.8. The van der Waals surface area contributed by atoms with Crippen LogP contribution in [0.15, 0.2) is 0 Å². The van der Waals surface area contributed by atoms with E-state index < -0.39 is 57.5 Å². The van der Waals surface area contributed by atoms with Crippen molar-refractivity contribution in [3.8, 4) is 0 Å². The molecule has 0 heterocycles. The highest BCUT2D eigenvalue weighted by molar-refractivity contribution is 9.09. The van der Waals surface area contributed by atoms with Crippen LogP contribution in [-0.2, 0) is 9.59 Å². The average Bonchev–Trinajstić information content (AvgIpc) is 3.56. The van der Waals surface area contributed by atoms with Gasteiger partial charge in [0.05, 0.1) is 16.5 Å². The largest absolute Gasteiger partial charge is 0.400 e. The quantitative estimate of drug-likeness (QED) is 0.248. The number of aliphatic hydroxyl groups is 3. The van der Waals surface area contributed by atoms with Gasteiger partial charge in [-0.3, -0.25) is 9.59 Å². The van der Waals surface area contributed by atoms with Gasteiger partial charge in [0, 0.05) is 28.5 Å². The molecule has 8 aliphatic rings. The third kappa shape index (κ3) is 7.89. The Balaban J connectivity index is 0.000000238. The number of carbonyl (C=O) groups excluding carboxylic acids is 2. The lowest BCUT2D eigenvalue weighted by Gasteiger charge is -2.56. The molecule has 16 atom stereocenters. The van der Waals surface area contributed by atoms with Crippen molar-refractivity contribution < 1.29 is 34.5 Å². The molecule has 0 radical (unpaired) electrons. The number of Topliss-reactive ketones (excluding diaryl/α,β-unsaturated/α-hetero) is 2. The molecule has 6 heteroatoms. The number of hydrogen-bond donors (Lipinski definition) is 3. The standard InChI is InChI=1S/C21H33BrO2.C21H34O2.CH4O.2CH4/c1-20(24)9-7-14-13(11-20)3-4-16-15(14)8-10-21(2)17(16)5-6-18(21)19(23)12-22;1-13(22)18-6-7-19-17-5-4-14-12-20(2,23)10-8-15(14)16(17)9-11-21(18,19)3;1-2;;/h13-18,24H,3-12H2,1-2H3;14-19,23H,4-12H2,1-3H3;2H,1H3;2*1H4/t13-,14+,15-,16-,17+,18-,20-,21+;14-,15+,16-,17-,18-,19+,20-,21-;;;/m11.../s1/i12D2,18D;1D3,18D;;;. The Morgan fingerprint density at radius 3 is 1.47 bits per heavy atom. The van der Waals surface area contributed by atoms with Crippen LogP contribution in [0.4, 0.5) is 0 Å². The summed E-state index contributed by atoms with van der Waals surface area (Å²) in [6.07, 6.45) is 16.6. The minimum Gasteiger partial charge on any atom is -0.400 e. The van der Waals surface area contributed by atoms with Gasteiger partial charge in [-0.15, -0.1) is 0 Å². The van der Waals surface area contributed by atoms with Gasteiger partial charge in [0.15, 0.2) is 0 Å². The molecular weight excluding hydrogens is 700 g/mol. The van der Waals surface area contributed by atoms with Gasteiger partial charge >= 0.3 is 0 Å². The number of halogens is 1. The second-order valence-corrected chi connectivity index (χ2v) is 19.4. The molecule has 0 saturated heterocycles. The van der Waals surface area contributed by atoms with Gasteiger partial charge in [-0.05, 0) is 206 Å². The van der Waals surface area contributed by atoms with Gasteiger partial charge in [-0.2, -0.15) is 0 Å². The van der Waals surface area contributed by atoms with Gasteiger partial charge in [0.25, 0.3) is 0 Å². The Bertz CT molecular complexity index is 1380. The molecule has 0 aromatic heterocycles. The predicted octanol–water partition coefficient (Wildman–Crippen LogP) is 10.4. The minimum atomic E-state index is -2.68. The van der Waals surface area contributed by atoms with Crippen LogP contribution >= 0.6 is 15.9 Å². The normalized spacial score (nSPS) is 56.0. The van der Waals surface area contributed by atoms with Gasteiger partial charge < -0.3 is 15.3 Å². The fraction of sp³-hybridized carbons (Fsp3) is 0.956. The van der Waals surface area contributed by atoms with E-state index in [1.54, 1.807) is 0 Å². The van der Waals surface area contributed by atoms with Crippen LogP contribution in [0.1, 0.15) is 175 Å². The lowest BCUT2D eigenvalue weighted by atomic mass is 9.49. The zero-order valence-corrected chi connectivity index (χ0v) is 32.6. The fourth-order valence-electron chi connectivity index (χ4n) is 14.6. The number of alkyl halides is 1. The molecule has 0 aromatic rings. The Morgan fingerprint density at radius 1 is 0.627 bits per heavy atom. The lowest BCUT2D eigenvalue weighted by molar-refractivity contribution is -0.130. The van der Waals surface area contributed by atoms with Crippen LogP contribution in [-0.4, -0.2) is 50.5 Å². The SMILES string of the molecule is C.C.CO.[2H]C([2H])(Br)C(=O)[C@@]1([2H])CC[C@H]2[C@@H]3CC[C@@H]4C[C@](C)(O)CC[C@@H]4[C@H]3CC[C@@]21C.[2H]C([2H])([2H])C(=O)[C@@]1([2H])CC[C@H]2[C@@H]3CC[C@@H]4C[C@](C)(O)CC[C@@H]4[C@H]3CC[C@@]21C. The number of fused-ring (bicyclic) bond motifs is 10. The maximum atomic E-state index is 12.9. The van der Waals surface area contributed by atoms with Crippen molar-refractivity contribution in [2.45, 2.75) is 176 Å². The summed E-state index contributed by atoms with van der Waals surface area (Å²) in [7, 11) is 1.00. The van der Waals surface area contributed by atoms with Gasteiger partial charge in [0.1, 0.15) is 11.6 Å². The second-order valence-electron chi connectivity index (χ2n) is 19.0. The summed E-state index contributed by atoms with van der Waals surface area (Å²) in [5, 5.41) is 25.9. The Hall–Kier alpha value is -0.300. The number of ketones is 2. The molecule has 0 unspecified atom stereocenters. The first-order valence-corrected chi connectivity index (χ1v) is 20.8. The molecule has 0 spiro atoms. The van der Waals surface area contributed by atoms with E-state index in [0.29, 0.717) is 72.0 Å². The summed E-state index contributed by atoms with van der Waals surface area (Å²) in [4.78, 5) is 25.6. The Labute approximate surface area is 331 Å². The first-order valence-electron chi connectivity index (χ1n) is 23.5. The molecule has 5 nitrogen and oxygen atoms in total. The summed E-state index contributed by atoms with van der Waals surface area (Å²) >= 11 is 2.90. The molecule has 3 N–H and O–H groups in total. The number of carbonyl (C=O) groups is 2. The zero-order chi connectivity index (χ0) is 41.7. The van der Waals surface area contributed by atoms with E-state index in [1.165, 1.54) is 0 Å². The third-order valence-electron chi connectivity index (χ3n) is 16.7. The topological polar surface area (TPSA) is 94.8 Å². The molecule has 51 heavy (non-hydrogen) atoms. The lowest BCUT2D eigenvalue weighted by Crippen LogP contribution is -2.51. The van der Waals surface area contributed by atoms with E-state index in [2.05, 4.69) is 22.9 Å². The van der Waals surface area contributed by atoms with E-state index in [-0.39, 0.29) is 14.9 Å². The maximum Gasteiger partial charge on any atom is 0.147 e. The fourth-order valence-corrected chi connectivity index (χ4v) is 14.8. The van der Waals surface area contributed by atoms with E-state index >= 15 is 0 Å². The molecule has 296 valence electrons. The van der Waals surface area contributed by atoms with Gasteiger partial charge in [-0.1, -0.05) is 44.6 Å². The third-order valence-corrected chi connectivity index (χ3v) is 17.0. The molecule has 0 bridgehead atoms. The van der Waals surface area contributed by atoms with E-state index in [9.17, 15) is 19.8 Å². The summed E-state index contributed by atoms with van der Waals surface area (Å²) in [5.74, 6) is 1.41. The summed E-state index contributed by atoms with van der Waals surface area (Å²) in [6, 6.07) is 0. The van der Waals surface area contributed by atoms with Crippen molar-refractivity contribution in [1.29, 1.82) is 0 Å². The van der Waals surface area contributed by atoms with Crippen molar-refractivity contribution in [1.82, 2.24) is 0 Å². The summed E-state index contributed by atoms with van der Waals surface area (Å²) < 4.78 is 56.5. The van der Waals surface area contributed by atoms with E-state index in [0.717, 1.165) is 110 Å². The minimum absolute atomic E-state index is 0. The molecule has 0 amide bonds. The van der Waals surface area contributed by atoms with Crippen LogP contribution in [0, 0.1) is 81.8 Å². The molecule has 8 rings (SSSR count). The van der Waals surface area contributed by atoms with Gasteiger partial charge in [0.2, 0.25) is 0 Å². The number of hydrogen-bond acceptors (Lipinski definition) is 5. The molecule has 8 fully saturated rings. The highest BCUT2D eigenvalue weighted by atomic mass is 79.9. The van der Waals surface area contributed by atoms with Crippen LogP contribution < -0.4 is 0 Å². The van der Waals surface area contributed by atoms with Crippen molar-refractivity contribution in [2.24, 2.45) is 81.8 Å². The molecule has 8 aliphatic carbocycles. The molecule has 0 aliphatic heterocycles. The van der Waals surface area contributed by atoms with Crippen LogP contribution in [0.25, 0.3) is 0 Å².